The number of carboxylic acid groups (broad SMARTS) is 1. The first-order valence-corrected chi connectivity index (χ1v) is 11.2. The third-order valence-corrected chi connectivity index (χ3v) is 6.71. The highest BCUT2D eigenvalue weighted by molar-refractivity contribution is 5.86. The molecule has 4 atom stereocenters. The lowest BCUT2D eigenvalue weighted by molar-refractivity contribution is -0.141. The molecule has 35 heavy (non-hydrogen) atoms. The third-order valence-electron chi connectivity index (χ3n) is 6.71. The zero-order chi connectivity index (χ0) is 25.3. The largest absolute Gasteiger partial charge is 0.481 e. The Kier molecular flexibility index (Phi) is 6.75. The number of methoxy groups -OCH3 is 1. The van der Waals surface area contributed by atoms with Crippen molar-refractivity contribution < 1.29 is 37.7 Å². The van der Waals surface area contributed by atoms with Crippen LogP contribution in [0.1, 0.15) is 24.0 Å². The third kappa shape index (κ3) is 4.70. The fourth-order valence-corrected chi connectivity index (χ4v) is 4.60. The van der Waals surface area contributed by atoms with Crippen LogP contribution in [0.5, 0.6) is 0 Å². The molecule has 0 heterocycles. The van der Waals surface area contributed by atoms with Crippen LogP contribution in [-0.4, -0.2) is 61.4 Å². The van der Waals surface area contributed by atoms with Gasteiger partial charge in [-0.3, -0.25) is 9.59 Å². The standard InChI is InChI=1S/C25H26F2N2O6/c1-13(34-2)21(22(30)28-11-19-20(23(31)32)25(19,26)27)29-24(33)35-12-18-16-9-5-3-7-14(16)15-8-4-6-10-17(15)18/h3-10,13,18-21H,11-12H2,1-2H3,(H,28,30)(H,29,33)(H,31,32)/t13?,19-,20-,21?/m1/s1. The Morgan fingerprint density at radius 1 is 1.06 bits per heavy atom. The number of ether oxygens (including phenoxy) is 2. The second kappa shape index (κ2) is 9.61. The summed E-state index contributed by atoms with van der Waals surface area (Å²) in [6, 6.07) is 14.4. The van der Waals surface area contributed by atoms with Crippen LogP contribution in [0.4, 0.5) is 13.6 Å². The molecule has 10 heteroatoms. The molecule has 2 aromatic rings. The Labute approximate surface area is 200 Å². The van der Waals surface area contributed by atoms with E-state index >= 15 is 0 Å². The van der Waals surface area contributed by atoms with E-state index in [9.17, 15) is 23.2 Å². The number of amides is 2. The van der Waals surface area contributed by atoms with E-state index in [2.05, 4.69) is 10.6 Å². The Balaban J connectivity index is 1.37. The maximum absolute atomic E-state index is 13.6. The Hall–Kier alpha value is -3.53. The normalized spacial score (nSPS) is 21.3. The SMILES string of the molecule is COC(C)C(NC(=O)OCC1c2ccccc2-c2ccccc21)C(=O)NC[C@@H]1[C@H](C(=O)O)C1(F)F. The van der Waals surface area contributed by atoms with Crippen LogP contribution in [0.3, 0.4) is 0 Å². The lowest BCUT2D eigenvalue weighted by Crippen LogP contribution is -2.53. The number of fused-ring (bicyclic) bond motifs is 3. The fraction of sp³-hybridized carbons (Fsp3) is 0.400. The molecule has 8 nitrogen and oxygen atoms in total. The van der Waals surface area contributed by atoms with Crippen molar-refractivity contribution in [1.82, 2.24) is 10.6 Å². The monoisotopic (exact) mass is 488 g/mol. The number of hydrogen-bond donors (Lipinski definition) is 3. The number of hydrogen-bond acceptors (Lipinski definition) is 5. The van der Waals surface area contributed by atoms with E-state index in [1.165, 1.54) is 14.0 Å². The van der Waals surface area contributed by atoms with Crippen molar-refractivity contribution >= 4 is 18.0 Å². The van der Waals surface area contributed by atoms with Gasteiger partial charge in [-0.1, -0.05) is 48.5 Å². The summed E-state index contributed by atoms with van der Waals surface area (Å²) in [6.45, 7) is 1.02. The summed E-state index contributed by atoms with van der Waals surface area (Å²) >= 11 is 0. The molecule has 4 rings (SSSR count). The molecule has 186 valence electrons. The van der Waals surface area contributed by atoms with Crippen LogP contribution >= 0.6 is 0 Å². The molecule has 0 radical (unpaired) electrons. The molecule has 0 aliphatic heterocycles. The number of benzene rings is 2. The van der Waals surface area contributed by atoms with Crippen molar-refractivity contribution in [2.45, 2.75) is 30.9 Å². The van der Waals surface area contributed by atoms with Crippen molar-refractivity contribution in [1.29, 1.82) is 0 Å². The van der Waals surface area contributed by atoms with Crippen LogP contribution in [0.25, 0.3) is 11.1 Å². The number of alkyl carbamates (subject to hydrolysis) is 1. The molecular weight excluding hydrogens is 462 g/mol. The van der Waals surface area contributed by atoms with E-state index in [-0.39, 0.29) is 12.5 Å². The molecule has 0 bridgehead atoms. The summed E-state index contributed by atoms with van der Waals surface area (Å²) in [5.41, 5.74) is 4.19. The lowest BCUT2D eigenvalue weighted by atomic mass is 9.98. The number of alkyl halides is 2. The van der Waals surface area contributed by atoms with Crippen LogP contribution in [-0.2, 0) is 19.1 Å². The average Bonchev–Trinajstić information content (AvgIpc) is 3.26. The zero-order valence-corrected chi connectivity index (χ0v) is 19.2. The van der Waals surface area contributed by atoms with E-state index in [1.807, 2.05) is 48.5 Å². The number of carbonyl (C=O) groups excluding carboxylic acids is 2. The molecule has 2 unspecified atom stereocenters. The summed E-state index contributed by atoms with van der Waals surface area (Å²) in [5, 5.41) is 13.6. The molecule has 2 aliphatic carbocycles. The van der Waals surface area contributed by atoms with Gasteiger partial charge >= 0.3 is 12.1 Å². The molecule has 0 aromatic heterocycles. The number of nitrogens with one attached hydrogen (secondary N) is 2. The number of carbonyl (C=O) groups is 3. The first kappa shape index (κ1) is 24.6. The number of rotatable bonds is 9. The molecule has 1 saturated carbocycles. The van der Waals surface area contributed by atoms with Crippen molar-refractivity contribution in [2.75, 3.05) is 20.3 Å². The van der Waals surface area contributed by atoms with E-state index in [4.69, 9.17) is 14.6 Å². The topological polar surface area (TPSA) is 114 Å². The summed E-state index contributed by atoms with van der Waals surface area (Å²) in [4.78, 5) is 36.1. The highest BCUT2D eigenvalue weighted by Gasteiger charge is 2.72. The number of halogens is 2. The van der Waals surface area contributed by atoms with Gasteiger partial charge in [-0.15, -0.1) is 0 Å². The van der Waals surface area contributed by atoms with Crippen molar-refractivity contribution in [2.24, 2.45) is 11.8 Å². The van der Waals surface area contributed by atoms with Crippen LogP contribution in [0, 0.1) is 11.8 Å². The first-order chi connectivity index (χ1) is 16.7. The summed E-state index contributed by atoms with van der Waals surface area (Å²) in [7, 11) is 1.33. The molecule has 2 aromatic carbocycles. The Morgan fingerprint density at radius 3 is 2.14 bits per heavy atom. The van der Waals surface area contributed by atoms with Crippen LogP contribution in [0.2, 0.25) is 0 Å². The summed E-state index contributed by atoms with van der Waals surface area (Å²) in [6.07, 6.45) is -1.67. The number of carboxylic acids is 1. The van der Waals surface area contributed by atoms with Gasteiger partial charge in [-0.25, -0.2) is 13.6 Å². The predicted molar refractivity (Wildman–Crippen MR) is 121 cm³/mol. The second-order valence-electron chi connectivity index (χ2n) is 8.73. The maximum Gasteiger partial charge on any atom is 0.407 e. The first-order valence-electron chi connectivity index (χ1n) is 11.2. The van der Waals surface area contributed by atoms with Gasteiger partial charge in [0, 0.05) is 19.6 Å². The lowest BCUT2D eigenvalue weighted by Gasteiger charge is -2.23. The highest BCUT2D eigenvalue weighted by atomic mass is 19.3. The molecular formula is C25H26F2N2O6. The van der Waals surface area contributed by atoms with E-state index in [0.29, 0.717) is 0 Å². The van der Waals surface area contributed by atoms with E-state index < -0.39 is 54.4 Å². The average molecular weight is 488 g/mol. The molecule has 2 amide bonds. The predicted octanol–water partition coefficient (Wildman–Crippen LogP) is 3.01. The van der Waals surface area contributed by atoms with Gasteiger partial charge in [0.1, 0.15) is 18.6 Å². The second-order valence-corrected chi connectivity index (χ2v) is 8.73. The number of aliphatic carboxylic acids is 1. The highest BCUT2D eigenvalue weighted by Crippen LogP contribution is 2.54. The van der Waals surface area contributed by atoms with Crippen molar-refractivity contribution in [3.8, 4) is 11.1 Å². The van der Waals surface area contributed by atoms with E-state index in [0.717, 1.165) is 22.3 Å². The van der Waals surface area contributed by atoms with Gasteiger partial charge in [0.2, 0.25) is 5.91 Å². The molecule has 3 N–H and O–H groups in total. The quantitative estimate of drug-likeness (QED) is 0.500. The maximum atomic E-state index is 13.6. The van der Waals surface area contributed by atoms with Gasteiger partial charge in [0.05, 0.1) is 12.0 Å². The molecule has 0 saturated heterocycles. The zero-order valence-electron chi connectivity index (χ0n) is 19.2. The molecule has 2 aliphatic rings. The van der Waals surface area contributed by atoms with Gasteiger partial charge in [0.15, 0.2) is 0 Å². The molecule has 0 spiro atoms. The van der Waals surface area contributed by atoms with E-state index in [1.54, 1.807) is 0 Å². The van der Waals surface area contributed by atoms with Crippen LogP contribution in [0.15, 0.2) is 48.5 Å². The summed E-state index contributed by atoms with van der Waals surface area (Å²) < 4.78 is 37.8. The molecule has 1 fully saturated rings. The summed E-state index contributed by atoms with van der Waals surface area (Å²) in [5.74, 6) is -9.30. The van der Waals surface area contributed by atoms with Gasteiger partial charge < -0.3 is 25.2 Å². The van der Waals surface area contributed by atoms with Gasteiger partial charge in [0.25, 0.3) is 5.92 Å². The minimum absolute atomic E-state index is 0.0319. The van der Waals surface area contributed by atoms with Crippen LogP contribution < -0.4 is 10.6 Å². The van der Waals surface area contributed by atoms with Crippen molar-refractivity contribution in [3.63, 3.8) is 0 Å². The van der Waals surface area contributed by atoms with Crippen molar-refractivity contribution in [3.05, 3.63) is 59.7 Å². The minimum atomic E-state index is -3.39. The Bertz CT molecular complexity index is 1090. The fourth-order valence-electron chi connectivity index (χ4n) is 4.60. The smallest absolute Gasteiger partial charge is 0.407 e. The van der Waals surface area contributed by atoms with Gasteiger partial charge in [-0.2, -0.15) is 0 Å². The van der Waals surface area contributed by atoms with Gasteiger partial charge in [-0.05, 0) is 29.2 Å². The minimum Gasteiger partial charge on any atom is -0.481 e. The Morgan fingerprint density at radius 2 is 1.63 bits per heavy atom.